The standard InChI is InChI=1S/C15H25N3O2S/c1-15(2,3)16-11-13-5-4-6-14(17-13)12-18-7-9-21(19,20)10-8-18/h4-6,16H,7-12H2,1-3H3. The molecular formula is C15H25N3O2S. The number of hydrogen-bond donors (Lipinski definition) is 1. The molecule has 1 saturated heterocycles. The first-order chi connectivity index (χ1) is 9.73. The van der Waals surface area contributed by atoms with Crippen LogP contribution in [0.4, 0.5) is 0 Å². The van der Waals surface area contributed by atoms with Crippen molar-refractivity contribution >= 4 is 9.84 Å². The van der Waals surface area contributed by atoms with Gasteiger partial charge in [-0.15, -0.1) is 0 Å². The molecule has 1 aromatic rings. The molecule has 0 aliphatic carbocycles. The van der Waals surface area contributed by atoms with Gasteiger partial charge in [-0.25, -0.2) is 8.42 Å². The molecule has 6 heteroatoms. The fourth-order valence-electron chi connectivity index (χ4n) is 2.21. The van der Waals surface area contributed by atoms with Crippen molar-refractivity contribution in [2.45, 2.75) is 39.4 Å². The van der Waals surface area contributed by atoms with Crippen molar-refractivity contribution in [3.8, 4) is 0 Å². The quantitative estimate of drug-likeness (QED) is 0.905. The second-order valence-electron chi connectivity index (χ2n) is 6.65. The third kappa shape index (κ3) is 5.73. The van der Waals surface area contributed by atoms with Crippen LogP contribution in [0.1, 0.15) is 32.2 Å². The van der Waals surface area contributed by atoms with E-state index in [9.17, 15) is 8.42 Å². The van der Waals surface area contributed by atoms with Crippen LogP contribution in [0.5, 0.6) is 0 Å². The molecule has 2 heterocycles. The van der Waals surface area contributed by atoms with Gasteiger partial charge in [0.15, 0.2) is 9.84 Å². The minimum Gasteiger partial charge on any atom is -0.306 e. The zero-order valence-corrected chi connectivity index (χ0v) is 13.9. The Morgan fingerprint density at radius 2 is 1.81 bits per heavy atom. The van der Waals surface area contributed by atoms with Gasteiger partial charge in [0.1, 0.15) is 0 Å². The molecule has 0 spiro atoms. The van der Waals surface area contributed by atoms with Gasteiger partial charge in [0.25, 0.3) is 0 Å². The van der Waals surface area contributed by atoms with E-state index < -0.39 is 9.84 Å². The molecule has 0 radical (unpaired) electrons. The number of nitrogens with one attached hydrogen (secondary N) is 1. The average molecular weight is 311 g/mol. The van der Waals surface area contributed by atoms with E-state index in [4.69, 9.17) is 0 Å². The normalized spacial score (nSPS) is 19.6. The molecule has 1 aromatic heterocycles. The number of sulfone groups is 1. The summed E-state index contributed by atoms with van der Waals surface area (Å²) in [6.45, 7) is 9.06. The highest BCUT2D eigenvalue weighted by atomic mass is 32.2. The number of aromatic nitrogens is 1. The van der Waals surface area contributed by atoms with Gasteiger partial charge in [-0.2, -0.15) is 0 Å². The van der Waals surface area contributed by atoms with Crippen LogP contribution in [-0.2, 0) is 22.9 Å². The van der Waals surface area contributed by atoms with E-state index in [0.717, 1.165) is 24.5 Å². The van der Waals surface area contributed by atoms with Crippen molar-refractivity contribution in [1.82, 2.24) is 15.2 Å². The summed E-state index contributed by atoms with van der Waals surface area (Å²) in [6.07, 6.45) is 0. The zero-order chi connectivity index (χ0) is 15.5. The highest BCUT2D eigenvalue weighted by Crippen LogP contribution is 2.09. The monoisotopic (exact) mass is 311 g/mol. The highest BCUT2D eigenvalue weighted by molar-refractivity contribution is 7.91. The molecule has 5 nitrogen and oxygen atoms in total. The predicted molar refractivity (Wildman–Crippen MR) is 84.8 cm³/mol. The molecular weight excluding hydrogens is 286 g/mol. The first-order valence-electron chi connectivity index (χ1n) is 7.36. The van der Waals surface area contributed by atoms with Crippen molar-refractivity contribution in [3.05, 3.63) is 29.6 Å². The summed E-state index contributed by atoms with van der Waals surface area (Å²) in [7, 11) is -2.81. The molecule has 0 aromatic carbocycles. The summed E-state index contributed by atoms with van der Waals surface area (Å²) in [5.41, 5.74) is 2.09. The van der Waals surface area contributed by atoms with Gasteiger partial charge < -0.3 is 5.32 Å². The second kappa shape index (κ2) is 6.42. The van der Waals surface area contributed by atoms with Gasteiger partial charge >= 0.3 is 0 Å². The summed E-state index contributed by atoms with van der Waals surface area (Å²) in [5, 5.41) is 3.42. The maximum Gasteiger partial charge on any atom is 0.152 e. The lowest BCUT2D eigenvalue weighted by Gasteiger charge is -2.26. The number of rotatable bonds is 4. The molecule has 1 aliphatic heterocycles. The van der Waals surface area contributed by atoms with E-state index in [1.807, 2.05) is 18.2 Å². The molecule has 1 aliphatic rings. The largest absolute Gasteiger partial charge is 0.306 e. The Kier molecular flexibility index (Phi) is 5.01. The number of hydrogen-bond acceptors (Lipinski definition) is 5. The maximum absolute atomic E-state index is 11.4. The fraction of sp³-hybridized carbons (Fsp3) is 0.667. The summed E-state index contributed by atoms with van der Waals surface area (Å²) in [5.74, 6) is 0.524. The smallest absolute Gasteiger partial charge is 0.152 e. The lowest BCUT2D eigenvalue weighted by Crippen LogP contribution is -2.40. The van der Waals surface area contributed by atoms with Crippen molar-refractivity contribution < 1.29 is 8.42 Å². The third-order valence-electron chi connectivity index (χ3n) is 3.49. The SMILES string of the molecule is CC(C)(C)NCc1cccc(CN2CCS(=O)(=O)CC2)n1. The van der Waals surface area contributed by atoms with Gasteiger partial charge in [-0.1, -0.05) is 6.07 Å². The van der Waals surface area contributed by atoms with E-state index in [2.05, 4.69) is 36.0 Å². The van der Waals surface area contributed by atoms with Gasteiger partial charge in [-0.3, -0.25) is 9.88 Å². The van der Waals surface area contributed by atoms with Gasteiger partial charge in [-0.05, 0) is 32.9 Å². The molecule has 21 heavy (non-hydrogen) atoms. The van der Waals surface area contributed by atoms with Crippen LogP contribution >= 0.6 is 0 Å². The molecule has 0 amide bonds. The van der Waals surface area contributed by atoms with Crippen LogP contribution in [0.15, 0.2) is 18.2 Å². The molecule has 0 atom stereocenters. The van der Waals surface area contributed by atoms with E-state index in [1.54, 1.807) is 0 Å². The summed E-state index contributed by atoms with van der Waals surface area (Å²) >= 11 is 0. The second-order valence-corrected chi connectivity index (χ2v) is 8.96. The number of nitrogens with zero attached hydrogens (tertiary/aromatic N) is 2. The van der Waals surface area contributed by atoms with Crippen LogP contribution in [0.3, 0.4) is 0 Å². The highest BCUT2D eigenvalue weighted by Gasteiger charge is 2.21. The van der Waals surface area contributed by atoms with Crippen molar-refractivity contribution in [2.75, 3.05) is 24.6 Å². The Labute approximate surface area is 127 Å². The summed E-state index contributed by atoms with van der Waals surface area (Å²) in [6, 6.07) is 6.04. The Morgan fingerprint density at radius 1 is 1.19 bits per heavy atom. The average Bonchev–Trinajstić information content (AvgIpc) is 2.39. The van der Waals surface area contributed by atoms with Gasteiger partial charge in [0.05, 0.1) is 22.9 Å². The third-order valence-corrected chi connectivity index (χ3v) is 5.10. The minimum atomic E-state index is -2.81. The summed E-state index contributed by atoms with van der Waals surface area (Å²) in [4.78, 5) is 6.81. The van der Waals surface area contributed by atoms with E-state index in [-0.39, 0.29) is 17.0 Å². The van der Waals surface area contributed by atoms with Crippen LogP contribution in [-0.4, -0.2) is 48.4 Å². The molecule has 1 N–H and O–H groups in total. The van der Waals surface area contributed by atoms with Crippen LogP contribution < -0.4 is 5.32 Å². The maximum atomic E-state index is 11.4. The van der Waals surface area contributed by atoms with Crippen molar-refractivity contribution in [1.29, 1.82) is 0 Å². The van der Waals surface area contributed by atoms with Crippen LogP contribution in [0, 0.1) is 0 Å². The minimum absolute atomic E-state index is 0.0684. The molecule has 0 saturated carbocycles. The van der Waals surface area contributed by atoms with Crippen molar-refractivity contribution in [3.63, 3.8) is 0 Å². The molecule has 118 valence electrons. The van der Waals surface area contributed by atoms with Gasteiger partial charge in [0.2, 0.25) is 0 Å². The van der Waals surface area contributed by atoms with Crippen molar-refractivity contribution in [2.24, 2.45) is 0 Å². The Balaban J connectivity index is 1.92. The first-order valence-corrected chi connectivity index (χ1v) is 9.18. The summed E-state index contributed by atoms with van der Waals surface area (Å²) < 4.78 is 22.9. The van der Waals surface area contributed by atoms with E-state index in [1.165, 1.54) is 0 Å². The first kappa shape index (κ1) is 16.4. The van der Waals surface area contributed by atoms with Crippen LogP contribution in [0.2, 0.25) is 0 Å². The number of pyridine rings is 1. The van der Waals surface area contributed by atoms with Gasteiger partial charge in [0, 0.05) is 31.7 Å². The Bertz CT molecular complexity index is 565. The predicted octanol–water partition coefficient (Wildman–Crippen LogP) is 1.20. The topological polar surface area (TPSA) is 62.3 Å². The molecule has 0 bridgehead atoms. The molecule has 1 fully saturated rings. The van der Waals surface area contributed by atoms with E-state index in [0.29, 0.717) is 13.1 Å². The Morgan fingerprint density at radius 3 is 2.43 bits per heavy atom. The molecule has 2 rings (SSSR count). The fourth-order valence-corrected chi connectivity index (χ4v) is 3.49. The lowest BCUT2D eigenvalue weighted by atomic mass is 10.1. The lowest BCUT2D eigenvalue weighted by molar-refractivity contribution is 0.284. The van der Waals surface area contributed by atoms with Crippen LogP contribution in [0.25, 0.3) is 0 Å². The Hall–Kier alpha value is -0.980. The molecule has 0 unspecified atom stereocenters. The zero-order valence-electron chi connectivity index (χ0n) is 13.1. The van der Waals surface area contributed by atoms with E-state index >= 15 is 0 Å².